The number of hydrogen-bond acceptors (Lipinski definition) is 18. The van der Waals surface area contributed by atoms with Gasteiger partial charge in [-0.15, -0.1) is 0 Å². The van der Waals surface area contributed by atoms with Crippen LogP contribution in [-0.4, -0.2) is 136 Å². The molecule has 0 saturated carbocycles. The SMILES string of the molecule is O=c1c(O[C@@H]2O[C@@H](CO)[C@H](O[C@@H]3O[C@H](CO)C(O)[C@H](O)[C@H]3O)[C@@H](O)[C@@H]2O)c(-c2cc(O)c(O)c(O)c2)oc2cc(O)cc(O)c12. The number of rotatable bonds is 7. The summed E-state index contributed by atoms with van der Waals surface area (Å²) in [6.45, 7) is -1.72. The minimum absolute atomic E-state index is 0.284. The number of aliphatic hydroxyl groups is 7. The van der Waals surface area contributed by atoms with Gasteiger partial charge in [0.05, 0.1) is 13.2 Å². The average Bonchev–Trinajstić information content (AvgIpc) is 2.99. The molecule has 18 nitrogen and oxygen atoms in total. The lowest BCUT2D eigenvalue weighted by Crippen LogP contribution is -2.65. The fraction of sp³-hybridized carbons (Fsp3) is 0.444. The van der Waals surface area contributed by atoms with Gasteiger partial charge in [-0.1, -0.05) is 0 Å². The van der Waals surface area contributed by atoms with Gasteiger partial charge < -0.3 is 84.6 Å². The van der Waals surface area contributed by atoms with Gasteiger partial charge in [0.15, 0.2) is 29.3 Å². The van der Waals surface area contributed by atoms with Crippen LogP contribution >= 0.6 is 0 Å². The molecule has 18 heteroatoms. The van der Waals surface area contributed by atoms with E-state index in [-0.39, 0.29) is 5.56 Å². The predicted molar refractivity (Wildman–Crippen MR) is 143 cm³/mol. The van der Waals surface area contributed by atoms with Gasteiger partial charge in [0.25, 0.3) is 0 Å². The van der Waals surface area contributed by atoms with Crippen LogP contribution in [0.15, 0.2) is 33.5 Å². The summed E-state index contributed by atoms with van der Waals surface area (Å²) in [6.07, 6.45) is -18.0. The van der Waals surface area contributed by atoms with Crippen molar-refractivity contribution in [1.82, 2.24) is 0 Å². The first-order chi connectivity index (χ1) is 21.3. The van der Waals surface area contributed by atoms with Crippen LogP contribution in [0.3, 0.4) is 0 Å². The van der Waals surface area contributed by atoms with Crippen LogP contribution in [0.1, 0.15) is 0 Å². The molecule has 0 bridgehead atoms. The molecule has 2 aliphatic rings. The molecular weight excluding hydrogens is 612 g/mol. The molecule has 0 radical (unpaired) electrons. The quantitative estimate of drug-likeness (QED) is 0.114. The van der Waals surface area contributed by atoms with E-state index in [9.17, 15) is 66.1 Å². The highest BCUT2D eigenvalue weighted by molar-refractivity contribution is 5.88. The molecule has 246 valence electrons. The monoisotopic (exact) mass is 642 g/mol. The lowest BCUT2D eigenvalue weighted by Gasteiger charge is -2.45. The van der Waals surface area contributed by atoms with Gasteiger partial charge in [0.2, 0.25) is 17.5 Å². The highest BCUT2D eigenvalue weighted by atomic mass is 16.7. The maximum absolute atomic E-state index is 13.6. The van der Waals surface area contributed by atoms with Gasteiger partial charge in [-0.25, -0.2) is 0 Å². The van der Waals surface area contributed by atoms with E-state index in [0.29, 0.717) is 0 Å². The molecule has 0 amide bonds. The molecule has 3 aromatic rings. The maximum Gasteiger partial charge on any atom is 0.239 e. The van der Waals surface area contributed by atoms with Crippen molar-refractivity contribution in [2.45, 2.75) is 61.4 Å². The zero-order valence-electron chi connectivity index (χ0n) is 22.8. The smallest absolute Gasteiger partial charge is 0.239 e. The van der Waals surface area contributed by atoms with Crippen LogP contribution in [-0.2, 0) is 14.2 Å². The number of hydrogen-bond donors (Lipinski definition) is 12. The van der Waals surface area contributed by atoms with Crippen LogP contribution in [0.25, 0.3) is 22.3 Å². The Balaban J connectivity index is 1.51. The molecule has 5 rings (SSSR count). The summed E-state index contributed by atoms with van der Waals surface area (Å²) >= 11 is 0. The van der Waals surface area contributed by atoms with Crippen molar-refractivity contribution >= 4 is 11.0 Å². The van der Waals surface area contributed by atoms with Crippen molar-refractivity contribution in [2.24, 2.45) is 0 Å². The number of aromatic hydroxyl groups is 5. The number of ether oxygens (including phenoxy) is 4. The molecule has 0 spiro atoms. The van der Waals surface area contributed by atoms with E-state index in [2.05, 4.69) is 0 Å². The lowest BCUT2D eigenvalue weighted by molar-refractivity contribution is -0.352. The number of benzene rings is 2. The molecular formula is C27H30O18. The summed E-state index contributed by atoms with van der Waals surface area (Å²) in [7, 11) is 0. The first kappa shape index (κ1) is 32.4. The second kappa shape index (κ2) is 12.4. The molecule has 1 unspecified atom stereocenters. The van der Waals surface area contributed by atoms with Crippen molar-refractivity contribution in [3.05, 3.63) is 34.5 Å². The Morgan fingerprint density at radius 1 is 0.689 bits per heavy atom. The summed E-state index contributed by atoms with van der Waals surface area (Å²) in [5, 5.41) is 121. The second-order valence-electron chi connectivity index (χ2n) is 10.4. The van der Waals surface area contributed by atoms with E-state index in [1.54, 1.807) is 0 Å². The van der Waals surface area contributed by atoms with E-state index in [1.807, 2.05) is 0 Å². The Hall–Kier alpha value is -3.95. The summed E-state index contributed by atoms with van der Waals surface area (Å²) in [4.78, 5) is 13.6. The van der Waals surface area contributed by atoms with Gasteiger partial charge in [0, 0.05) is 17.7 Å². The largest absolute Gasteiger partial charge is 0.508 e. The zero-order chi connectivity index (χ0) is 32.9. The van der Waals surface area contributed by atoms with Crippen LogP contribution < -0.4 is 10.2 Å². The average molecular weight is 643 g/mol. The molecule has 45 heavy (non-hydrogen) atoms. The van der Waals surface area contributed by atoms with E-state index >= 15 is 0 Å². The second-order valence-corrected chi connectivity index (χ2v) is 10.4. The topological polar surface area (TPSA) is 310 Å². The standard InChI is InChI=1S/C27H30O18/c28-5-13-17(35)19(37)21(39)26(42-13)44-24-14(6-29)43-27(22(40)20(24)38)45-25-18(36)15-9(31)3-8(30)4-12(15)41-23(25)7-1-10(32)16(34)11(33)2-7/h1-4,13-14,17,19-22,24,26-35,37-40H,5-6H2/t13-,14+,17?,19+,20+,21-,22+,24+,26+,27+/m1/s1. The number of aliphatic hydroxyl groups excluding tert-OH is 7. The Morgan fingerprint density at radius 2 is 1.29 bits per heavy atom. The molecule has 2 aliphatic heterocycles. The van der Waals surface area contributed by atoms with E-state index in [0.717, 1.165) is 24.3 Å². The molecule has 2 saturated heterocycles. The highest BCUT2D eigenvalue weighted by Gasteiger charge is 2.51. The maximum atomic E-state index is 13.6. The normalized spacial score (nSPS) is 32.1. The van der Waals surface area contributed by atoms with E-state index in [1.165, 1.54) is 0 Å². The van der Waals surface area contributed by atoms with Crippen LogP contribution in [0.2, 0.25) is 0 Å². The summed E-state index contributed by atoms with van der Waals surface area (Å²) in [5.41, 5.74) is -1.80. The predicted octanol–water partition coefficient (Wildman–Crippen LogP) is -3.01. The van der Waals surface area contributed by atoms with Crippen molar-refractivity contribution < 1.29 is 84.6 Å². The Kier molecular flexibility index (Phi) is 8.97. The Bertz CT molecular complexity index is 1580. The van der Waals surface area contributed by atoms with Crippen LogP contribution in [0.4, 0.5) is 0 Å². The summed E-state index contributed by atoms with van der Waals surface area (Å²) in [6, 6.07) is 3.51. The first-order valence-electron chi connectivity index (χ1n) is 13.3. The minimum Gasteiger partial charge on any atom is -0.508 e. The van der Waals surface area contributed by atoms with Crippen LogP contribution in [0.5, 0.6) is 34.5 Å². The van der Waals surface area contributed by atoms with Crippen molar-refractivity contribution in [2.75, 3.05) is 13.2 Å². The van der Waals surface area contributed by atoms with Gasteiger partial charge in [-0.3, -0.25) is 4.79 Å². The third-order valence-electron chi connectivity index (χ3n) is 7.44. The number of phenols is 5. The molecule has 3 heterocycles. The van der Waals surface area contributed by atoms with E-state index < -0.39 is 131 Å². The fourth-order valence-corrected chi connectivity index (χ4v) is 5.07. The number of phenolic OH excluding ortho intramolecular Hbond substituents is 5. The summed E-state index contributed by atoms with van der Waals surface area (Å²) < 4.78 is 27.6. The Morgan fingerprint density at radius 3 is 1.91 bits per heavy atom. The minimum atomic E-state index is -2.10. The van der Waals surface area contributed by atoms with Crippen molar-refractivity contribution in [1.29, 1.82) is 0 Å². The van der Waals surface area contributed by atoms with Gasteiger partial charge in [0.1, 0.15) is 71.3 Å². The molecule has 1 aromatic heterocycles. The van der Waals surface area contributed by atoms with Crippen LogP contribution in [0, 0.1) is 0 Å². The van der Waals surface area contributed by atoms with Crippen molar-refractivity contribution in [3.63, 3.8) is 0 Å². The fourth-order valence-electron chi connectivity index (χ4n) is 5.07. The van der Waals surface area contributed by atoms with E-state index in [4.69, 9.17) is 23.4 Å². The molecule has 2 fully saturated rings. The van der Waals surface area contributed by atoms with Gasteiger partial charge in [-0.2, -0.15) is 0 Å². The Labute approximate surface area is 250 Å². The zero-order valence-corrected chi connectivity index (χ0v) is 22.8. The molecule has 0 aliphatic carbocycles. The van der Waals surface area contributed by atoms with Gasteiger partial charge in [-0.05, 0) is 12.1 Å². The number of fused-ring (bicyclic) bond motifs is 1. The van der Waals surface area contributed by atoms with Gasteiger partial charge >= 0.3 is 0 Å². The molecule has 10 atom stereocenters. The molecule has 12 N–H and O–H groups in total. The summed E-state index contributed by atoms with van der Waals surface area (Å²) in [5.74, 6) is -5.28. The highest BCUT2D eigenvalue weighted by Crippen LogP contribution is 2.43. The first-order valence-corrected chi connectivity index (χ1v) is 13.3. The molecule has 2 aromatic carbocycles. The third kappa shape index (κ3) is 5.79. The third-order valence-corrected chi connectivity index (χ3v) is 7.44. The lowest BCUT2D eigenvalue weighted by atomic mass is 9.97. The van der Waals surface area contributed by atoms with Crippen molar-refractivity contribution in [3.8, 4) is 45.8 Å².